The Kier molecular flexibility index (Phi) is 11.2. The number of hydrogen-bond donors (Lipinski definition) is 1. The SMILES string of the molecule is C=CCCCCOC(=O)[C@H]1[C@@H]2SC3(CC2Br)C(C(=O)N(CC=C)CCCC)N([C@@H](CO)Cc2ccccc2)C(=O)[C@H]13. The lowest BCUT2D eigenvalue weighted by Gasteiger charge is -2.40. The fourth-order valence-electron chi connectivity index (χ4n) is 6.78. The molecule has 0 radical (unpaired) electrons. The van der Waals surface area contributed by atoms with Crippen molar-refractivity contribution in [3.05, 3.63) is 61.2 Å². The molecule has 2 bridgehead atoms. The maximum Gasteiger partial charge on any atom is 0.310 e. The van der Waals surface area contributed by atoms with Crippen molar-refractivity contribution in [1.82, 2.24) is 9.80 Å². The van der Waals surface area contributed by atoms with Crippen LogP contribution in [-0.2, 0) is 25.5 Å². The van der Waals surface area contributed by atoms with Crippen molar-refractivity contribution in [3.8, 4) is 0 Å². The highest BCUT2D eigenvalue weighted by Crippen LogP contribution is 2.68. The van der Waals surface area contributed by atoms with Gasteiger partial charge in [0.25, 0.3) is 0 Å². The van der Waals surface area contributed by atoms with Gasteiger partial charge in [0.2, 0.25) is 11.8 Å². The number of carbonyl (C=O) groups excluding carboxylic acids is 3. The minimum atomic E-state index is -0.793. The second-order valence-corrected chi connectivity index (χ2v) is 14.0. The number of carbonyl (C=O) groups is 3. The highest BCUT2D eigenvalue weighted by Gasteiger charge is 2.76. The van der Waals surface area contributed by atoms with Crippen molar-refractivity contribution in [2.45, 2.75) is 78.8 Å². The van der Waals surface area contributed by atoms with Crippen LogP contribution in [-0.4, -0.2) is 85.9 Å². The van der Waals surface area contributed by atoms with Gasteiger partial charge in [-0.1, -0.05) is 71.8 Å². The van der Waals surface area contributed by atoms with Gasteiger partial charge in [0.1, 0.15) is 6.04 Å². The van der Waals surface area contributed by atoms with Crippen molar-refractivity contribution in [2.24, 2.45) is 11.8 Å². The maximum absolute atomic E-state index is 14.5. The number of thioether (sulfide) groups is 1. The van der Waals surface area contributed by atoms with Gasteiger partial charge in [-0.05, 0) is 44.1 Å². The van der Waals surface area contributed by atoms with E-state index in [1.165, 1.54) is 0 Å². The van der Waals surface area contributed by atoms with E-state index < -0.39 is 28.7 Å². The minimum Gasteiger partial charge on any atom is -0.465 e. The molecule has 1 spiro atoms. The van der Waals surface area contributed by atoms with Gasteiger partial charge in [-0.3, -0.25) is 14.4 Å². The molecule has 7 nitrogen and oxygen atoms in total. The number of halogens is 1. The normalized spacial score (nSPS) is 28.8. The zero-order valence-corrected chi connectivity index (χ0v) is 26.4. The molecule has 0 saturated carbocycles. The Labute approximate surface area is 256 Å². The molecule has 9 heteroatoms. The van der Waals surface area contributed by atoms with E-state index in [1.807, 2.05) is 36.4 Å². The number of likely N-dealkylation sites (tertiary alicyclic amines) is 1. The Hall–Kier alpha value is -2.10. The summed E-state index contributed by atoms with van der Waals surface area (Å²) in [6.45, 7) is 10.6. The van der Waals surface area contributed by atoms with E-state index >= 15 is 0 Å². The number of rotatable bonds is 16. The van der Waals surface area contributed by atoms with Gasteiger partial charge in [0, 0.05) is 23.2 Å². The molecule has 3 aliphatic heterocycles. The number of fused-ring (bicyclic) bond motifs is 1. The number of amides is 2. The van der Waals surface area contributed by atoms with Gasteiger partial charge in [0.05, 0.1) is 35.8 Å². The number of hydrogen-bond acceptors (Lipinski definition) is 6. The first kappa shape index (κ1) is 31.8. The van der Waals surface area contributed by atoms with E-state index in [9.17, 15) is 19.5 Å². The molecule has 3 heterocycles. The molecule has 3 saturated heterocycles. The van der Waals surface area contributed by atoms with Crippen LogP contribution < -0.4 is 0 Å². The molecule has 3 aliphatic rings. The molecular weight excluding hydrogens is 604 g/mol. The zero-order valence-electron chi connectivity index (χ0n) is 24.0. The highest BCUT2D eigenvalue weighted by molar-refractivity contribution is 9.09. The van der Waals surface area contributed by atoms with Gasteiger partial charge in [0.15, 0.2) is 0 Å². The molecule has 3 fully saturated rings. The number of unbranched alkanes of at least 4 members (excludes halogenated alkanes) is 3. The molecule has 224 valence electrons. The van der Waals surface area contributed by atoms with Gasteiger partial charge in [-0.15, -0.1) is 24.9 Å². The molecule has 0 aromatic heterocycles. The lowest BCUT2D eigenvalue weighted by molar-refractivity contribution is -0.154. The lowest BCUT2D eigenvalue weighted by Crippen LogP contribution is -2.58. The van der Waals surface area contributed by atoms with Crippen molar-refractivity contribution < 1.29 is 24.2 Å². The molecule has 3 unspecified atom stereocenters. The fourth-order valence-corrected chi connectivity index (χ4v) is 10.4. The fraction of sp³-hybridized carbons (Fsp3) is 0.594. The average Bonchev–Trinajstić information content (AvgIpc) is 3.57. The number of nitrogens with zero attached hydrogens (tertiary/aromatic N) is 2. The van der Waals surface area contributed by atoms with E-state index in [2.05, 4.69) is 36.0 Å². The molecule has 41 heavy (non-hydrogen) atoms. The standard InChI is InChI=1S/C32H43BrN2O5S/c1-4-7-9-13-18-40-31(39)25-26-29(37)35(23(21-36)19-22-14-11-10-12-15-22)28(32(26)20-24(33)27(25)41-32)30(38)34(16-6-3)17-8-5-2/h4,6,10-12,14-15,23-28,36H,1,3,5,7-9,13,16-21H2,2H3/t23-,24?,25-,26+,27-,28?,32?/m1/s1. The van der Waals surface area contributed by atoms with Crippen LogP contribution in [0.3, 0.4) is 0 Å². The number of alkyl halides is 1. The maximum atomic E-state index is 14.5. The van der Waals surface area contributed by atoms with Gasteiger partial charge in [-0.25, -0.2) is 0 Å². The first-order valence-electron chi connectivity index (χ1n) is 14.8. The van der Waals surface area contributed by atoms with Crippen LogP contribution in [0.5, 0.6) is 0 Å². The van der Waals surface area contributed by atoms with Gasteiger partial charge in [-0.2, -0.15) is 0 Å². The Morgan fingerprint density at radius 2 is 2.00 bits per heavy atom. The first-order chi connectivity index (χ1) is 19.8. The summed E-state index contributed by atoms with van der Waals surface area (Å²) in [4.78, 5) is 46.0. The number of aliphatic hydroxyl groups excluding tert-OH is 1. The van der Waals surface area contributed by atoms with E-state index in [0.29, 0.717) is 32.5 Å². The van der Waals surface area contributed by atoms with E-state index in [4.69, 9.17) is 4.74 Å². The number of aliphatic hydroxyl groups is 1. The molecule has 1 N–H and O–H groups in total. The number of ether oxygens (including phenoxy) is 1. The van der Waals surface area contributed by atoms with E-state index in [0.717, 1.165) is 37.7 Å². The van der Waals surface area contributed by atoms with Gasteiger partial charge < -0.3 is 19.6 Å². The predicted octanol–water partition coefficient (Wildman–Crippen LogP) is 4.77. The van der Waals surface area contributed by atoms with Crippen LogP contribution in [0, 0.1) is 11.8 Å². The number of esters is 1. The summed E-state index contributed by atoms with van der Waals surface area (Å²) in [5.74, 6) is -2.05. The number of allylic oxidation sites excluding steroid dienone is 1. The molecule has 7 atom stereocenters. The predicted molar refractivity (Wildman–Crippen MR) is 167 cm³/mol. The van der Waals surface area contributed by atoms with Crippen molar-refractivity contribution in [2.75, 3.05) is 26.3 Å². The summed E-state index contributed by atoms with van der Waals surface area (Å²) in [6, 6.07) is 8.32. The summed E-state index contributed by atoms with van der Waals surface area (Å²) in [5.41, 5.74) is 0.972. The summed E-state index contributed by atoms with van der Waals surface area (Å²) in [5, 5.41) is 10.5. The summed E-state index contributed by atoms with van der Waals surface area (Å²) < 4.78 is 4.96. The third-order valence-electron chi connectivity index (χ3n) is 8.64. The average molecular weight is 648 g/mol. The molecular formula is C32H43BrN2O5S. The van der Waals surface area contributed by atoms with Crippen LogP contribution in [0.15, 0.2) is 55.6 Å². The monoisotopic (exact) mass is 646 g/mol. The quantitative estimate of drug-likeness (QED) is 0.121. The number of benzene rings is 1. The Morgan fingerprint density at radius 1 is 1.24 bits per heavy atom. The van der Waals surface area contributed by atoms with Gasteiger partial charge >= 0.3 is 5.97 Å². The Balaban J connectivity index is 1.71. The second-order valence-electron chi connectivity index (χ2n) is 11.3. The van der Waals surface area contributed by atoms with Crippen LogP contribution in [0.25, 0.3) is 0 Å². The molecule has 1 aromatic rings. The molecule has 1 aromatic carbocycles. The van der Waals surface area contributed by atoms with Crippen LogP contribution in [0.4, 0.5) is 0 Å². The zero-order chi connectivity index (χ0) is 29.6. The largest absolute Gasteiger partial charge is 0.465 e. The topological polar surface area (TPSA) is 87.2 Å². The molecule has 0 aliphatic carbocycles. The second kappa shape index (κ2) is 14.4. The van der Waals surface area contributed by atoms with Crippen LogP contribution in [0.2, 0.25) is 0 Å². The third-order valence-corrected chi connectivity index (χ3v) is 11.9. The third kappa shape index (κ3) is 6.32. The Bertz CT molecular complexity index is 1100. The van der Waals surface area contributed by atoms with Crippen molar-refractivity contribution in [1.29, 1.82) is 0 Å². The van der Waals surface area contributed by atoms with E-state index in [1.54, 1.807) is 27.6 Å². The summed E-state index contributed by atoms with van der Waals surface area (Å²) in [7, 11) is 0. The molecule has 4 rings (SSSR count). The summed E-state index contributed by atoms with van der Waals surface area (Å²) in [6.07, 6.45) is 8.80. The lowest BCUT2D eigenvalue weighted by atomic mass is 9.71. The van der Waals surface area contributed by atoms with Crippen molar-refractivity contribution >= 4 is 45.5 Å². The molecule has 2 amide bonds. The van der Waals surface area contributed by atoms with Crippen LogP contribution >= 0.6 is 27.7 Å². The summed E-state index contributed by atoms with van der Waals surface area (Å²) >= 11 is 5.41. The van der Waals surface area contributed by atoms with Crippen molar-refractivity contribution in [3.63, 3.8) is 0 Å². The van der Waals surface area contributed by atoms with E-state index in [-0.39, 0.29) is 34.5 Å². The highest BCUT2D eigenvalue weighted by atomic mass is 79.9. The van der Waals surface area contributed by atoms with Crippen LogP contribution in [0.1, 0.15) is 51.0 Å². The smallest absolute Gasteiger partial charge is 0.310 e. The first-order valence-corrected chi connectivity index (χ1v) is 16.6. The minimum absolute atomic E-state index is 0.0321. The Morgan fingerprint density at radius 3 is 2.66 bits per heavy atom.